The van der Waals surface area contributed by atoms with Crippen LogP contribution in [0.4, 0.5) is 5.82 Å². The molecule has 2 aromatic heterocycles. The third kappa shape index (κ3) is 3.72. The lowest BCUT2D eigenvalue weighted by atomic mass is 10.3. The highest BCUT2D eigenvalue weighted by Crippen LogP contribution is 2.17. The Labute approximate surface area is 127 Å². The lowest BCUT2D eigenvalue weighted by molar-refractivity contribution is 0.0942. The zero-order valence-electron chi connectivity index (χ0n) is 12.2. The van der Waals surface area contributed by atoms with E-state index in [1.165, 1.54) is 0 Å². The predicted octanol–water partition coefficient (Wildman–Crippen LogP) is 2.70. The van der Waals surface area contributed by atoms with Crippen molar-refractivity contribution < 1.29 is 9.21 Å². The normalized spacial score (nSPS) is 10.5. The number of carbonyl (C=O) groups is 1. The summed E-state index contributed by atoms with van der Waals surface area (Å²) in [5.74, 6) is 1.44. The van der Waals surface area contributed by atoms with Gasteiger partial charge in [-0.15, -0.1) is 0 Å². The predicted molar refractivity (Wildman–Crippen MR) is 80.6 cm³/mol. The molecule has 2 N–H and O–H groups in total. The maximum absolute atomic E-state index is 12.1. The summed E-state index contributed by atoms with van der Waals surface area (Å²) in [5.41, 5.74) is 0.986. The number of nitrogens with one attached hydrogen (secondary N) is 2. The van der Waals surface area contributed by atoms with Crippen LogP contribution in [0.3, 0.4) is 0 Å². The van der Waals surface area contributed by atoms with Crippen molar-refractivity contribution in [3.63, 3.8) is 0 Å². The number of rotatable bonds is 5. The van der Waals surface area contributed by atoms with Crippen LogP contribution in [-0.2, 0) is 6.54 Å². The van der Waals surface area contributed by atoms with Gasteiger partial charge in [-0.25, -0.2) is 9.97 Å². The molecule has 7 heteroatoms. The number of hydrogen-bond donors (Lipinski definition) is 2. The molecule has 0 aliphatic carbocycles. The van der Waals surface area contributed by atoms with Crippen LogP contribution in [0.15, 0.2) is 16.5 Å². The van der Waals surface area contributed by atoms with Crippen molar-refractivity contribution in [3.05, 3.63) is 40.2 Å². The molecule has 0 fully saturated rings. The molecule has 0 bridgehead atoms. The van der Waals surface area contributed by atoms with E-state index >= 15 is 0 Å². The molecule has 0 spiro atoms. The number of carbonyl (C=O) groups excluding carboxylic acids is 1. The summed E-state index contributed by atoms with van der Waals surface area (Å²) in [4.78, 5) is 20.5. The third-order valence-corrected chi connectivity index (χ3v) is 3.20. The van der Waals surface area contributed by atoms with E-state index in [1.807, 2.05) is 20.8 Å². The second kappa shape index (κ2) is 6.58. The van der Waals surface area contributed by atoms with Crippen molar-refractivity contribution in [2.75, 3.05) is 11.9 Å². The average molecular weight is 309 g/mol. The first-order chi connectivity index (χ1) is 10.0. The van der Waals surface area contributed by atoms with Gasteiger partial charge in [0.2, 0.25) is 5.89 Å². The standard InChI is InChI=1S/C14H17ClN4O2/c1-4-16-11-6-5-10(15)13(19-11)14(20)17-7-12-18-8(2)9(3)21-12/h5-6H,4,7H2,1-3H3,(H,16,19)(H,17,20). The average Bonchev–Trinajstić information content (AvgIpc) is 2.77. The minimum atomic E-state index is -0.367. The number of halogens is 1. The highest BCUT2D eigenvalue weighted by atomic mass is 35.5. The number of oxazole rings is 1. The van der Waals surface area contributed by atoms with Gasteiger partial charge in [-0.3, -0.25) is 4.79 Å². The molecule has 0 radical (unpaired) electrons. The molecule has 1 amide bonds. The Morgan fingerprint density at radius 1 is 1.33 bits per heavy atom. The Morgan fingerprint density at radius 2 is 2.10 bits per heavy atom. The molecule has 112 valence electrons. The van der Waals surface area contributed by atoms with Crippen LogP contribution < -0.4 is 10.6 Å². The highest BCUT2D eigenvalue weighted by molar-refractivity contribution is 6.33. The maximum Gasteiger partial charge on any atom is 0.271 e. The Kier molecular flexibility index (Phi) is 4.80. The molecule has 0 saturated carbocycles. The van der Waals surface area contributed by atoms with E-state index in [0.717, 1.165) is 11.5 Å². The van der Waals surface area contributed by atoms with Crippen molar-refractivity contribution in [3.8, 4) is 0 Å². The van der Waals surface area contributed by atoms with Gasteiger partial charge in [0.15, 0.2) is 0 Å². The third-order valence-electron chi connectivity index (χ3n) is 2.89. The van der Waals surface area contributed by atoms with E-state index < -0.39 is 0 Å². The molecule has 0 atom stereocenters. The van der Waals surface area contributed by atoms with Crippen LogP contribution in [0.5, 0.6) is 0 Å². The molecular formula is C14H17ClN4O2. The molecule has 0 aromatic carbocycles. The fraction of sp³-hybridized carbons (Fsp3) is 0.357. The fourth-order valence-electron chi connectivity index (χ4n) is 1.74. The van der Waals surface area contributed by atoms with Gasteiger partial charge in [0.25, 0.3) is 5.91 Å². The van der Waals surface area contributed by atoms with Crippen LogP contribution in [-0.4, -0.2) is 22.4 Å². The lowest BCUT2D eigenvalue weighted by Crippen LogP contribution is -2.24. The first-order valence-corrected chi connectivity index (χ1v) is 7.00. The van der Waals surface area contributed by atoms with Crippen molar-refractivity contribution in [2.24, 2.45) is 0 Å². The molecule has 2 aromatic rings. The SMILES string of the molecule is CCNc1ccc(Cl)c(C(=O)NCc2nc(C)c(C)o2)n1. The largest absolute Gasteiger partial charge is 0.444 e. The number of aryl methyl sites for hydroxylation is 2. The van der Waals surface area contributed by atoms with E-state index in [-0.39, 0.29) is 18.1 Å². The molecule has 2 heterocycles. The van der Waals surface area contributed by atoms with Crippen molar-refractivity contribution in [2.45, 2.75) is 27.3 Å². The van der Waals surface area contributed by atoms with Crippen LogP contribution in [0.1, 0.15) is 34.8 Å². The van der Waals surface area contributed by atoms with Crippen molar-refractivity contribution in [1.29, 1.82) is 0 Å². The van der Waals surface area contributed by atoms with Gasteiger partial charge in [-0.05, 0) is 32.9 Å². The Hall–Kier alpha value is -2.08. The monoisotopic (exact) mass is 308 g/mol. The lowest BCUT2D eigenvalue weighted by Gasteiger charge is -2.07. The van der Waals surface area contributed by atoms with Crippen LogP contribution in [0.2, 0.25) is 5.02 Å². The summed E-state index contributed by atoms with van der Waals surface area (Å²) in [6.07, 6.45) is 0. The summed E-state index contributed by atoms with van der Waals surface area (Å²) in [6, 6.07) is 3.37. The molecule has 0 unspecified atom stereocenters. The number of hydrogen-bond acceptors (Lipinski definition) is 5. The van der Waals surface area contributed by atoms with Gasteiger partial charge in [-0.2, -0.15) is 0 Å². The van der Waals surface area contributed by atoms with Crippen LogP contribution in [0.25, 0.3) is 0 Å². The smallest absolute Gasteiger partial charge is 0.271 e. The molecule has 0 saturated heterocycles. The Morgan fingerprint density at radius 3 is 2.71 bits per heavy atom. The van der Waals surface area contributed by atoms with E-state index in [0.29, 0.717) is 23.3 Å². The van der Waals surface area contributed by atoms with Crippen molar-refractivity contribution >= 4 is 23.3 Å². The van der Waals surface area contributed by atoms with Gasteiger partial charge in [-0.1, -0.05) is 11.6 Å². The molecule has 0 aliphatic heterocycles. The summed E-state index contributed by atoms with van der Waals surface area (Å²) in [6.45, 7) is 6.53. The molecular weight excluding hydrogens is 292 g/mol. The first-order valence-electron chi connectivity index (χ1n) is 6.62. The molecule has 21 heavy (non-hydrogen) atoms. The molecule has 0 aliphatic rings. The van der Waals surface area contributed by atoms with Gasteiger partial charge in [0.1, 0.15) is 17.3 Å². The van der Waals surface area contributed by atoms with Crippen LogP contribution in [0, 0.1) is 13.8 Å². The zero-order chi connectivity index (χ0) is 15.4. The number of amides is 1. The number of nitrogens with zero attached hydrogens (tertiary/aromatic N) is 2. The van der Waals surface area contributed by atoms with E-state index in [2.05, 4.69) is 20.6 Å². The number of pyridine rings is 1. The minimum Gasteiger partial charge on any atom is -0.444 e. The van der Waals surface area contributed by atoms with E-state index in [4.69, 9.17) is 16.0 Å². The quantitative estimate of drug-likeness (QED) is 0.887. The fourth-order valence-corrected chi connectivity index (χ4v) is 1.93. The first kappa shape index (κ1) is 15.3. The van der Waals surface area contributed by atoms with Gasteiger partial charge < -0.3 is 15.1 Å². The minimum absolute atomic E-state index is 0.176. The van der Waals surface area contributed by atoms with Gasteiger partial charge in [0.05, 0.1) is 17.3 Å². The second-order valence-corrected chi connectivity index (χ2v) is 4.90. The van der Waals surface area contributed by atoms with E-state index in [9.17, 15) is 4.79 Å². The Balaban J connectivity index is 2.07. The maximum atomic E-state index is 12.1. The highest BCUT2D eigenvalue weighted by Gasteiger charge is 2.14. The van der Waals surface area contributed by atoms with Gasteiger partial charge in [0, 0.05) is 6.54 Å². The number of aromatic nitrogens is 2. The Bertz CT molecular complexity index is 635. The summed E-state index contributed by atoms with van der Waals surface area (Å²) in [7, 11) is 0. The molecule has 2 rings (SSSR count). The van der Waals surface area contributed by atoms with Gasteiger partial charge >= 0.3 is 0 Å². The molecule has 6 nitrogen and oxygen atoms in total. The number of anilines is 1. The summed E-state index contributed by atoms with van der Waals surface area (Å²) >= 11 is 6.01. The zero-order valence-corrected chi connectivity index (χ0v) is 12.9. The van der Waals surface area contributed by atoms with Crippen molar-refractivity contribution in [1.82, 2.24) is 15.3 Å². The summed E-state index contributed by atoms with van der Waals surface area (Å²) < 4.78 is 5.40. The second-order valence-electron chi connectivity index (χ2n) is 4.49. The summed E-state index contributed by atoms with van der Waals surface area (Å²) in [5, 5.41) is 6.03. The van der Waals surface area contributed by atoms with E-state index in [1.54, 1.807) is 12.1 Å². The van der Waals surface area contributed by atoms with Crippen LogP contribution >= 0.6 is 11.6 Å². The topological polar surface area (TPSA) is 80.0 Å².